The molecule has 0 radical (unpaired) electrons. The molecule has 1 atom stereocenters. The van der Waals surface area contributed by atoms with Crippen LogP contribution in [-0.4, -0.2) is 5.11 Å². The summed E-state index contributed by atoms with van der Waals surface area (Å²) in [6.45, 7) is 3.91. The Balaban J connectivity index is 2.17. The van der Waals surface area contributed by atoms with Gasteiger partial charge in [0.1, 0.15) is 11.5 Å². The molecule has 19 heavy (non-hydrogen) atoms. The molecule has 1 N–H and O–H groups in total. The number of hydrogen-bond donors (Lipinski definition) is 1. The fourth-order valence-electron chi connectivity index (χ4n) is 2.06. The van der Waals surface area contributed by atoms with E-state index >= 15 is 0 Å². The van der Waals surface area contributed by atoms with Crippen LogP contribution < -0.4 is 4.74 Å². The predicted molar refractivity (Wildman–Crippen MR) is 77.6 cm³/mol. The Bertz CT molecular complexity index is 515. The number of hydrogen-bond acceptors (Lipinski definition) is 2. The zero-order valence-electron chi connectivity index (χ0n) is 11.5. The number of ether oxygens (including phenoxy) is 1. The molecule has 0 saturated carbocycles. The van der Waals surface area contributed by atoms with E-state index in [0.29, 0.717) is 5.75 Å². The lowest BCUT2D eigenvalue weighted by Gasteiger charge is -2.13. The summed E-state index contributed by atoms with van der Waals surface area (Å²) >= 11 is 0. The quantitative estimate of drug-likeness (QED) is 0.854. The topological polar surface area (TPSA) is 29.5 Å². The van der Waals surface area contributed by atoms with Crippen LogP contribution in [0.3, 0.4) is 0 Å². The maximum Gasteiger partial charge on any atom is 0.133 e. The average Bonchev–Trinajstić information content (AvgIpc) is 2.42. The van der Waals surface area contributed by atoms with Gasteiger partial charge in [-0.05, 0) is 37.1 Å². The van der Waals surface area contributed by atoms with E-state index in [2.05, 4.69) is 19.1 Å². The summed E-state index contributed by atoms with van der Waals surface area (Å²) in [5.74, 6) is 1.51. The lowest BCUT2D eigenvalue weighted by Crippen LogP contribution is -1.95. The Labute approximate surface area is 114 Å². The highest BCUT2D eigenvalue weighted by molar-refractivity contribution is 5.39. The van der Waals surface area contributed by atoms with Crippen molar-refractivity contribution in [3.05, 3.63) is 59.7 Å². The zero-order valence-corrected chi connectivity index (χ0v) is 11.5. The molecule has 0 aliphatic heterocycles. The van der Waals surface area contributed by atoms with Crippen LogP contribution in [0.4, 0.5) is 0 Å². The van der Waals surface area contributed by atoms with E-state index in [4.69, 9.17) is 4.74 Å². The SMILES string of the molecule is CCCc1ccc(Oc2ccccc2[C@@H](C)O)cc1. The zero-order chi connectivity index (χ0) is 13.7. The van der Waals surface area contributed by atoms with Gasteiger partial charge in [0.05, 0.1) is 6.10 Å². The second-order valence-electron chi connectivity index (χ2n) is 4.71. The molecule has 0 aliphatic rings. The summed E-state index contributed by atoms with van der Waals surface area (Å²) in [6, 6.07) is 15.7. The van der Waals surface area contributed by atoms with Crippen molar-refractivity contribution < 1.29 is 9.84 Å². The number of aryl methyl sites for hydroxylation is 1. The van der Waals surface area contributed by atoms with Gasteiger partial charge < -0.3 is 9.84 Å². The lowest BCUT2D eigenvalue weighted by molar-refractivity contribution is 0.195. The van der Waals surface area contributed by atoms with Crippen molar-refractivity contribution in [1.82, 2.24) is 0 Å². The second kappa shape index (κ2) is 6.39. The van der Waals surface area contributed by atoms with Gasteiger partial charge in [0, 0.05) is 5.56 Å². The Morgan fingerprint density at radius 3 is 2.37 bits per heavy atom. The van der Waals surface area contributed by atoms with Crippen LogP contribution in [-0.2, 0) is 6.42 Å². The molecule has 2 rings (SSSR count). The van der Waals surface area contributed by atoms with Gasteiger partial charge in [-0.2, -0.15) is 0 Å². The first-order valence-electron chi connectivity index (χ1n) is 6.74. The summed E-state index contributed by atoms with van der Waals surface area (Å²) in [4.78, 5) is 0. The van der Waals surface area contributed by atoms with Gasteiger partial charge in [-0.1, -0.05) is 43.7 Å². The fraction of sp³-hybridized carbons (Fsp3) is 0.294. The first-order valence-corrected chi connectivity index (χ1v) is 6.74. The van der Waals surface area contributed by atoms with Gasteiger partial charge in [-0.3, -0.25) is 0 Å². The van der Waals surface area contributed by atoms with Crippen molar-refractivity contribution in [3.8, 4) is 11.5 Å². The van der Waals surface area contributed by atoms with Crippen LogP contribution in [0.2, 0.25) is 0 Å². The van der Waals surface area contributed by atoms with E-state index in [0.717, 1.165) is 24.2 Å². The van der Waals surface area contributed by atoms with Gasteiger partial charge in [0.25, 0.3) is 0 Å². The van der Waals surface area contributed by atoms with E-state index in [1.54, 1.807) is 6.92 Å². The monoisotopic (exact) mass is 256 g/mol. The minimum absolute atomic E-state index is 0.532. The molecular weight excluding hydrogens is 236 g/mol. The van der Waals surface area contributed by atoms with Gasteiger partial charge >= 0.3 is 0 Å². The van der Waals surface area contributed by atoms with Crippen molar-refractivity contribution in [2.24, 2.45) is 0 Å². The molecule has 0 unspecified atom stereocenters. The van der Waals surface area contributed by atoms with Crippen molar-refractivity contribution in [2.45, 2.75) is 32.8 Å². The van der Waals surface area contributed by atoms with E-state index in [-0.39, 0.29) is 0 Å². The third-order valence-electron chi connectivity index (χ3n) is 3.06. The van der Waals surface area contributed by atoms with Gasteiger partial charge in [0.15, 0.2) is 0 Å². The maximum absolute atomic E-state index is 9.72. The lowest BCUT2D eigenvalue weighted by atomic mass is 10.1. The summed E-state index contributed by atoms with van der Waals surface area (Å²) in [5.41, 5.74) is 2.12. The smallest absolute Gasteiger partial charge is 0.133 e. The van der Waals surface area contributed by atoms with E-state index in [1.165, 1.54) is 5.56 Å². The Kier molecular flexibility index (Phi) is 4.58. The molecule has 0 heterocycles. The first kappa shape index (κ1) is 13.6. The van der Waals surface area contributed by atoms with Crippen LogP contribution in [0.15, 0.2) is 48.5 Å². The molecule has 100 valence electrons. The first-order chi connectivity index (χ1) is 9.20. The molecule has 2 aromatic rings. The van der Waals surface area contributed by atoms with Crippen LogP contribution in [0, 0.1) is 0 Å². The van der Waals surface area contributed by atoms with Gasteiger partial charge in [-0.15, -0.1) is 0 Å². The van der Waals surface area contributed by atoms with Crippen molar-refractivity contribution >= 4 is 0 Å². The number of rotatable bonds is 5. The standard InChI is InChI=1S/C17H20O2/c1-3-6-14-9-11-15(12-10-14)19-17-8-5-4-7-16(17)13(2)18/h4-5,7-13,18H,3,6H2,1-2H3/t13-/m1/s1. The van der Waals surface area contributed by atoms with Crippen LogP contribution in [0.25, 0.3) is 0 Å². The minimum atomic E-state index is -0.532. The van der Waals surface area contributed by atoms with E-state index in [1.807, 2.05) is 36.4 Å². The number of para-hydroxylation sites is 1. The molecule has 0 fully saturated rings. The summed E-state index contributed by atoms with van der Waals surface area (Å²) in [5, 5.41) is 9.72. The molecular formula is C17H20O2. The molecule has 2 heteroatoms. The van der Waals surface area contributed by atoms with Crippen LogP contribution in [0.5, 0.6) is 11.5 Å². The van der Waals surface area contributed by atoms with Crippen molar-refractivity contribution in [2.75, 3.05) is 0 Å². The molecule has 0 spiro atoms. The second-order valence-corrected chi connectivity index (χ2v) is 4.71. The van der Waals surface area contributed by atoms with Crippen molar-refractivity contribution in [3.63, 3.8) is 0 Å². The molecule has 0 aliphatic carbocycles. The summed E-state index contributed by atoms with van der Waals surface area (Å²) in [7, 11) is 0. The third-order valence-corrected chi connectivity index (χ3v) is 3.06. The summed E-state index contributed by atoms with van der Waals surface area (Å²) in [6.07, 6.45) is 1.70. The molecule has 0 aromatic heterocycles. The van der Waals surface area contributed by atoms with Gasteiger partial charge in [-0.25, -0.2) is 0 Å². The number of aliphatic hydroxyl groups is 1. The summed E-state index contributed by atoms with van der Waals surface area (Å²) < 4.78 is 5.84. The largest absolute Gasteiger partial charge is 0.457 e. The minimum Gasteiger partial charge on any atom is -0.457 e. The molecule has 2 aromatic carbocycles. The predicted octanol–water partition coefficient (Wildman–Crippen LogP) is 4.48. The number of aliphatic hydroxyl groups excluding tert-OH is 1. The normalized spacial score (nSPS) is 12.2. The Morgan fingerprint density at radius 2 is 1.74 bits per heavy atom. The van der Waals surface area contributed by atoms with E-state index < -0.39 is 6.10 Å². The Morgan fingerprint density at radius 1 is 1.05 bits per heavy atom. The third kappa shape index (κ3) is 3.58. The number of benzene rings is 2. The highest BCUT2D eigenvalue weighted by atomic mass is 16.5. The Hall–Kier alpha value is -1.80. The highest BCUT2D eigenvalue weighted by Gasteiger charge is 2.08. The van der Waals surface area contributed by atoms with E-state index in [9.17, 15) is 5.11 Å². The maximum atomic E-state index is 9.72. The highest BCUT2D eigenvalue weighted by Crippen LogP contribution is 2.29. The van der Waals surface area contributed by atoms with Gasteiger partial charge in [0.2, 0.25) is 0 Å². The molecule has 0 amide bonds. The molecule has 0 saturated heterocycles. The average molecular weight is 256 g/mol. The van der Waals surface area contributed by atoms with Crippen LogP contribution in [0.1, 0.15) is 37.5 Å². The van der Waals surface area contributed by atoms with Crippen molar-refractivity contribution in [1.29, 1.82) is 0 Å². The molecule has 0 bridgehead atoms. The fourth-order valence-corrected chi connectivity index (χ4v) is 2.06. The molecule has 2 nitrogen and oxygen atoms in total. The van der Waals surface area contributed by atoms with Crippen LogP contribution >= 0.6 is 0 Å².